The van der Waals surface area contributed by atoms with Crippen LogP contribution in [0.15, 0.2) is 53.3 Å². The van der Waals surface area contributed by atoms with Crippen LogP contribution in [-0.4, -0.2) is 59.7 Å². The number of ether oxygens (including phenoxy) is 2. The van der Waals surface area contributed by atoms with Crippen LogP contribution >= 0.6 is 94.1 Å². The molecule has 0 saturated heterocycles. The van der Waals surface area contributed by atoms with Crippen molar-refractivity contribution in [2.24, 2.45) is 0 Å². The van der Waals surface area contributed by atoms with E-state index in [1.165, 1.54) is 57.4 Å². The SMILES string of the molecule is OCCOc1ccc2c(=C3SC4=C(SCCS4)S3)c3cc(OCCO)ccc3c(=C3SC4=C(SCCS4)S3)c2c1. The highest BCUT2D eigenvalue weighted by molar-refractivity contribution is 8.47. The Morgan fingerprint density at radius 3 is 1.23 bits per heavy atom. The molecular formula is C28H24O4S8. The highest BCUT2D eigenvalue weighted by Crippen LogP contribution is 2.61. The molecule has 0 amide bonds. The molecule has 4 nitrogen and oxygen atoms in total. The molecule has 4 aliphatic heterocycles. The van der Waals surface area contributed by atoms with Gasteiger partial charge in [-0.05, 0) is 57.9 Å². The molecule has 0 atom stereocenters. The third kappa shape index (κ3) is 5.55. The number of aliphatic hydroxyl groups excluding tert-OH is 2. The molecule has 4 heterocycles. The van der Waals surface area contributed by atoms with Crippen LogP contribution < -0.4 is 19.9 Å². The quantitative estimate of drug-likeness (QED) is 0.263. The summed E-state index contributed by atoms with van der Waals surface area (Å²) in [5, 5.41) is 26.0. The van der Waals surface area contributed by atoms with Crippen molar-refractivity contribution >= 4 is 124 Å². The molecule has 40 heavy (non-hydrogen) atoms. The lowest BCUT2D eigenvalue weighted by molar-refractivity contribution is 0.201. The zero-order chi connectivity index (χ0) is 27.1. The summed E-state index contributed by atoms with van der Waals surface area (Å²) < 4.78 is 20.1. The molecule has 3 aromatic carbocycles. The summed E-state index contributed by atoms with van der Waals surface area (Å²) in [4.78, 5) is 0. The van der Waals surface area contributed by atoms with Gasteiger partial charge in [-0.15, -0.1) is 47.0 Å². The van der Waals surface area contributed by atoms with Gasteiger partial charge in [0.2, 0.25) is 0 Å². The first kappa shape index (κ1) is 28.5. The lowest BCUT2D eigenvalue weighted by Gasteiger charge is -2.14. The summed E-state index contributed by atoms with van der Waals surface area (Å²) >= 11 is 15.5. The molecule has 0 fully saturated rings. The van der Waals surface area contributed by atoms with Crippen LogP contribution in [0.3, 0.4) is 0 Å². The van der Waals surface area contributed by atoms with Crippen molar-refractivity contribution in [1.29, 1.82) is 0 Å². The van der Waals surface area contributed by atoms with E-state index in [0.29, 0.717) is 0 Å². The maximum Gasteiger partial charge on any atom is 0.120 e. The van der Waals surface area contributed by atoms with Gasteiger partial charge in [0.25, 0.3) is 0 Å². The second-order valence-electron chi connectivity index (χ2n) is 8.84. The van der Waals surface area contributed by atoms with E-state index in [9.17, 15) is 10.2 Å². The Kier molecular flexibility index (Phi) is 9.08. The van der Waals surface area contributed by atoms with E-state index in [0.717, 1.165) is 34.5 Å². The molecule has 0 bridgehead atoms. The normalized spacial score (nSPS) is 19.1. The number of thioether (sulfide) groups is 8. The topological polar surface area (TPSA) is 58.9 Å². The summed E-state index contributed by atoms with van der Waals surface area (Å²) in [5.41, 5.74) is 0. The Morgan fingerprint density at radius 2 is 0.875 bits per heavy atom. The fraction of sp³-hybridized carbons (Fsp3) is 0.286. The van der Waals surface area contributed by atoms with Crippen molar-refractivity contribution in [1.82, 2.24) is 0 Å². The van der Waals surface area contributed by atoms with Gasteiger partial charge in [0.05, 0.1) is 38.6 Å². The predicted octanol–water partition coefficient (Wildman–Crippen LogP) is 7.04. The molecule has 0 aliphatic carbocycles. The van der Waals surface area contributed by atoms with Gasteiger partial charge in [0, 0.05) is 33.4 Å². The summed E-state index contributed by atoms with van der Waals surface area (Å²) in [6.45, 7) is 0.501. The van der Waals surface area contributed by atoms with Crippen molar-refractivity contribution in [3.8, 4) is 11.5 Å². The Balaban J connectivity index is 1.54. The average molecular weight is 681 g/mol. The molecule has 12 heteroatoms. The largest absolute Gasteiger partial charge is 0.491 e. The monoisotopic (exact) mass is 680 g/mol. The highest BCUT2D eigenvalue weighted by Gasteiger charge is 2.29. The molecule has 0 spiro atoms. The summed E-state index contributed by atoms with van der Waals surface area (Å²) in [6.07, 6.45) is 0. The highest BCUT2D eigenvalue weighted by atomic mass is 32.3. The second-order valence-corrected chi connectivity index (χ2v) is 18.9. The van der Waals surface area contributed by atoms with Crippen LogP contribution in [0.1, 0.15) is 0 Å². The van der Waals surface area contributed by atoms with Crippen LogP contribution in [0.25, 0.3) is 30.0 Å². The van der Waals surface area contributed by atoms with Gasteiger partial charge in [-0.2, -0.15) is 0 Å². The van der Waals surface area contributed by atoms with Crippen LogP contribution in [0, 0.1) is 0 Å². The molecular weight excluding hydrogens is 657 g/mol. The molecule has 3 aromatic rings. The number of rotatable bonds is 6. The van der Waals surface area contributed by atoms with Gasteiger partial charge >= 0.3 is 0 Å². The van der Waals surface area contributed by atoms with Crippen molar-refractivity contribution in [2.45, 2.75) is 0 Å². The van der Waals surface area contributed by atoms with Gasteiger partial charge in [-0.1, -0.05) is 47.0 Å². The average Bonchev–Trinajstić information content (AvgIpc) is 3.61. The minimum absolute atomic E-state index is 0.0175. The maximum atomic E-state index is 9.41. The van der Waals surface area contributed by atoms with E-state index in [-0.39, 0.29) is 26.4 Å². The van der Waals surface area contributed by atoms with Crippen LogP contribution in [0.4, 0.5) is 0 Å². The van der Waals surface area contributed by atoms with Gasteiger partial charge in [-0.3, -0.25) is 0 Å². The van der Waals surface area contributed by atoms with E-state index in [1.807, 2.05) is 106 Å². The molecule has 0 unspecified atom stereocenters. The fourth-order valence-corrected chi connectivity index (χ4v) is 16.9. The van der Waals surface area contributed by atoms with Crippen molar-refractivity contribution < 1.29 is 19.7 Å². The number of hydrogen-bond donors (Lipinski definition) is 2. The van der Waals surface area contributed by atoms with E-state index < -0.39 is 0 Å². The molecule has 7 rings (SSSR count). The van der Waals surface area contributed by atoms with E-state index in [4.69, 9.17) is 9.47 Å². The first-order valence-corrected chi connectivity index (χ1v) is 19.9. The lowest BCUT2D eigenvalue weighted by atomic mass is 9.98. The van der Waals surface area contributed by atoms with Crippen molar-refractivity contribution in [3.63, 3.8) is 0 Å². The second kappa shape index (κ2) is 12.8. The van der Waals surface area contributed by atoms with Crippen molar-refractivity contribution in [2.75, 3.05) is 49.4 Å². The van der Waals surface area contributed by atoms with Crippen LogP contribution in [0.2, 0.25) is 0 Å². The third-order valence-corrected chi connectivity index (χ3v) is 17.9. The zero-order valence-electron chi connectivity index (χ0n) is 21.1. The first-order valence-electron chi connectivity index (χ1n) is 12.7. The molecule has 0 radical (unpaired) electrons. The molecule has 208 valence electrons. The number of aliphatic hydroxyl groups is 2. The fourth-order valence-electron chi connectivity index (χ4n) is 4.77. The van der Waals surface area contributed by atoms with E-state index in [2.05, 4.69) is 24.3 Å². The van der Waals surface area contributed by atoms with Gasteiger partial charge < -0.3 is 19.7 Å². The van der Waals surface area contributed by atoms with Gasteiger partial charge in [0.1, 0.15) is 24.7 Å². The van der Waals surface area contributed by atoms with Gasteiger partial charge in [0.15, 0.2) is 0 Å². The predicted molar refractivity (Wildman–Crippen MR) is 187 cm³/mol. The Bertz CT molecular complexity index is 1530. The Hall–Kier alpha value is -0.280. The first-order chi connectivity index (χ1) is 19.7. The smallest absolute Gasteiger partial charge is 0.120 e. The Morgan fingerprint density at radius 1 is 0.500 bits per heavy atom. The summed E-state index contributed by atoms with van der Waals surface area (Å²) in [5.74, 6) is 6.13. The standard InChI is InChI=1S/C28H24O4S8/c29-5-7-31-15-1-3-17-19(13-15)22(24-39-27-28(40-24)36-12-11-35-27)18-4-2-16(32-8-6-30)14-20(18)21(17)23-37-25-26(38-23)34-10-9-33-25/h1-4,13-14,29-30H,5-12H2. The van der Waals surface area contributed by atoms with Gasteiger partial charge in [-0.25, -0.2) is 0 Å². The molecule has 2 N–H and O–H groups in total. The summed E-state index contributed by atoms with van der Waals surface area (Å²) in [6, 6.07) is 12.8. The summed E-state index contributed by atoms with van der Waals surface area (Å²) in [7, 11) is 0. The molecule has 0 saturated carbocycles. The number of fused-ring (bicyclic) bond motifs is 2. The number of benzene rings is 3. The van der Waals surface area contributed by atoms with Crippen LogP contribution in [0.5, 0.6) is 11.5 Å². The zero-order valence-corrected chi connectivity index (χ0v) is 27.6. The molecule has 0 aromatic heterocycles. The van der Waals surface area contributed by atoms with E-state index in [1.54, 1.807) is 0 Å². The Labute approximate surface area is 266 Å². The number of hydrogen-bond acceptors (Lipinski definition) is 12. The maximum absolute atomic E-state index is 9.41. The van der Waals surface area contributed by atoms with Crippen molar-refractivity contribution in [3.05, 3.63) is 63.8 Å². The van der Waals surface area contributed by atoms with Crippen LogP contribution in [-0.2, 0) is 0 Å². The minimum atomic E-state index is -0.0175. The lowest BCUT2D eigenvalue weighted by Crippen LogP contribution is -2.17. The minimum Gasteiger partial charge on any atom is -0.491 e. The molecule has 4 aliphatic rings. The third-order valence-electron chi connectivity index (χ3n) is 6.36. The van der Waals surface area contributed by atoms with E-state index >= 15 is 0 Å².